The number of nitrogens with two attached hydrogens (primary N) is 1. The van der Waals surface area contributed by atoms with Crippen LogP contribution in [0.5, 0.6) is 0 Å². The fraction of sp³-hybridized carbons (Fsp3) is 0.941. The molecule has 21 heavy (non-hydrogen) atoms. The molecule has 0 aromatic carbocycles. The summed E-state index contributed by atoms with van der Waals surface area (Å²) < 4.78 is 0. The van der Waals surface area contributed by atoms with Crippen LogP contribution in [-0.4, -0.2) is 43.0 Å². The Morgan fingerprint density at radius 3 is 2.52 bits per heavy atom. The van der Waals surface area contributed by atoms with Crippen molar-refractivity contribution in [3.8, 4) is 0 Å². The second-order valence-corrected chi connectivity index (χ2v) is 7.62. The van der Waals surface area contributed by atoms with Gasteiger partial charge in [0.05, 0.1) is 5.41 Å². The molecule has 3 N–H and O–H groups in total. The molecule has 2 rings (SSSR count). The van der Waals surface area contributed by atoms with E-state index in [1.807, 2.05) is 0 Å². The molecule has 4 heteroatoms. The van der Waals surface area contributed by atoms with Crippen LogP contribution in [0.3, 0.4) is 0 Å². The highest BCUT2D eigenvalue weighted by molar-refractivity contribution is 5.83. The van der Waals surface area contributed by atoms with Crippen molar-refractivity contribution in [3.05, 3.63) is 0 Å². The predicted molar refractivity (Wildman–Crippen MR) is 86.9 cm³/mol. The highest BCUT2D eigenvalue weighted by Gasteiger charge is 2.40. The van der Waals surface area contributed by atoms with Gasteiger partial charge in [0.25, 0.3) is 0 Å². The van der Waals surface area contributed by atoms with Gasteiger partial charge in [-0.05, 0) is 64.3 Å². The smallest absolute Gasteiger partial charge is 0.227 e. The van der Waals surface area contributed by atoms with Crippen molar-refractivity contribution in [3.63, 3.8) is 0 Å². The van der Waals surface area contributed by atoms with Gasteiger partial charge in [-0.15, -0.1) is 0 Å². The average Bonchev–Trinajstić information content (AvgIpc) is 2.95. The van der Waals surface area contributed by atoms with Gasteiger partial charge in [0.1, 0.15) is 0 Å². The Morgan fingerprint density at radius 1 is 1.33 bits per heavy atom. The van der Waals surface area contributed by atoms with E-state index >= 15 is 0 Å². The standard InChI is InChI=1S/C17H33N3O/c1-13(2)20-9-6-15(11-20)10-19-16(21)17(12-18)7-4-14(3)5-8-17/h13-15H,4-12,18H2,1-3H3,(H,19,21). The van der Waals surface area contributed by atoms with Gasteiger partial charge in [-0.25, -0.2) is 0 Å². The molecular weight excluding hydrogens is 262 g/mol. The third kappa shape index (κ3) is 3.98. The van der Waals surface area contributed by atoms with Crippen LogP contribution in [0.4, 0.5) is 0 Å². The van der Waals surface area contributed by atoms with Crippen LogP contribution in [-0.2, 0) is 4.79 Å². The molecule has 1 unspecified atom stereocenters. The number of hydrogen-bond acceptors (Lipinski definition) is 3. The minimum absolute atomic E-state index is 0.208. The molecular formula is C17H33N3O. The third-order valence-corrected chi connectivity index (χ3v) is 5.70. The number of hydrogen-bond donors (Lipinski definition) is 2. The molecule has 1 heterocycles. The first kappa shape index (κ1) is 16.8. The fourth-order valence-electron chi connectivity index (χ4n) is 3.76. The Balaban J connectivity index is 1.81. The first-order valence-corrected chi connectivity index (χ1v) is 8.69. The Labute approximate surface area is 129 Å². The Bertz CT molecular complexity index is 348. The highest BCUT2D eigenvalue weighted by Crippen LogP contribution is 2.38. The molecule has 1 aliphatic carbocycles. The Morgan fingerprint density at radius 2 is 2.00 bits per heavy atom. The van der Waals surface area contributed by atoms with Crippen molar-refractivity contribution in [2.24, 2.45) is 23.0 Å². The zero-order valence-electron chi connectivity index (χ0n) is 14.0. The summed E-state index contributed by atoms with van der Waals surface area (Å²) in [6.45, 7) is 10.4. The molecule has 0 aromatic rings. The van der Waals surface area contributed by atoms with E-state index in [0.717, 1.165) is 51.2 Å². The maximum absolute atomic E-state index is 12.6. The van der Waals surface area contributed by atoms with Crippen molar-refractivity contribution < 1.29 is 4.79 Å². The molecule has 0 spiro atoms. The van der Waals surface area contributed by atoms with Crippen molar-refractivity contribution in [1.29, 1.82) is 0 Å². The summed E-state index contributed by atoms with van der Waals surface area (Å²) in [6, 6.07) is 0.612. The van der Waals surface area contributed by atoms with E-state index in [-0.39, 0.29) is 11.3 Å². The molecule has 1 aliphatic heterocycles. The van der Waals surface area contributed by atoms with Crippen molar-refractivity contribution in [2.45, 2.75) is 58.9 Å². The second-order valence-electron chi connectivity index (χ2n) is 7.62. The Hall–Kier alpha value is -0.610. The lowest BCUT2D eigenvalue weighted by atomic mass is 9.70. The minimum atomic E-state index is -0.289. The van der Waals surface area contributed by atoms with Crippen LogP contribution in [0, 0.1) is 17.3 Å². The number of carbonyl (C=O) groups is 1. The van der Waals surface area contributed by atoms with Crippen LogP contribution >= 0.6 is 0 Å². The summed E-state index contributed by atoms with van der Waals surface area (Å²) in [6.07, 6.45) is 5.38. The molecule has 2 aliphatic rings. The summed E-state index contributed by atoms with van der Waals surface area (Å²) >= 11 is 0. The minimum Gasteiger partial charge on any atom is -0.355 e. The Kier molecular flexibility index (Phi) is 5.67. The van der Waals surface area contributed by atoms with Crippen LogP contribution in [0.25, 0.3) is 0 Å². The van der Waals surface area contributed by atoms with E-state index in [2.05, 4.69) is 31.0 Å². The van der Waals surface area contributed by atoms with Gasteiger partial charge in [-0.1, -0.05) is 6.92 Å². The SMILES string of the molecule is CC1CCC(CN)(C(=O)NCC2CCN(C(C)C)C2)CC1. The monoisotopic (exact) mass is 295 g/mol. The summed E-state index contributed by atoms with van der Waals surface area (Å²) in [7, 11) is 0. The predicted octanol–water partition coefficient (Wildman–Crippen LogP) is 1.99. The first-order chi connectivity index (χ1) is 9.97. The number of rotatable bonds is 5. The molecule has 1 atom stereocenters. The zero-order valence-corrected chi connectivity index (χ0v) is 14.0. The summed E-state index contributed by atoms with van der Waals surface area (Å²) in [4.78, 5) is 15.1. The number of carbonyl (C=O) groups excluding carboxylic acids is 1. The van der Waals surface area contributed by atoms with Gasteiger partial charge < -0.3 is 16.0 Å². The molecule has 4 nitrogen and oxygen atoms in total. The van der Waals surface area contributed by atoms with Crippen molar-refractivity contribution in [2.75, 3.05) is 26.2 Å². The number of likely N-dealkylation sites (tertiary alicyclic amines) is 1. The topological polar surface area (TPSA) is 58.4 Å². The summed E-state index contributed by atoms with van der Waals surface area (Å²) in [5.41, 5.74) is 5.67. The molecule has 0 aromatic heterocycles. The maximum Gasteiger partial charge on any atom is 0.227 e. The summed E-state index contributed by atoms with van der Waals surface area (Å²) in [5, 5.41) is 3.21. The van der Waals surface area contributed by atoms with Gasteiger partial charge in [-0.2, -0.15) is 0 Å². The van der Waals surface area contributed by atoms with E-state index in [1.165, 1.54) is 6.42 Å². The number of nitrogens with zero attached hydrogens (tertiary/aromatic N) is 1. The molecule has 0 bridgehead atoms. The average molecular weight is 295 g/mol. The van der Waals surface area contributed by atoms with Crippen molar-refractivity contribution >= 4 is 5.91 Å². The second kappa shape index (κ2) is 7.10. The quantitative estimate of drug-likeness (QED) is 0.815. The molecule has 122 valence electrons. The van der Waals surface area contributed by atoms with Crippen LogP contribution in [0.15, 0.2) is 0 Å². The lowest BCUT2D eigenvalue weighted by Gasteiger charge is -2.37. The van der Waals surface area contributed by atoms with Gasteiger partial charge in [0.15, 0.2) is 0 Å². The van der Waals surface area contributed by atoms with Crippen LogP contribution < -0.4 is 11.1 Å². The summed E-state index contributed by atoms with van der Waals surface area (Å²) in [5.74, 6) is 1.56. The molecule has 0 radical (unpaired) electrons. The number of nitrogens with one attached hydrogen (secondary N) is 1. The van der Waals surface area contributed by atoms with Crippen LogP contribution in [0.1, 0.15) is 52.9 Å². The van der Waals surface area contributed by atoms with Gasteiger partial charge in [0.2, 0.25) is 5.91 Å². The highest BCUT2D eigenvalue weighted by atomic mass is 16.2. The number of amides is 1. The van der Waals surface area contributed by atoms with E-state index in [9.17, 15) is 4.79 Å². The zero-order chi connectivity index (χ0) is 15.5. The van der Waals surface area contributed by atoms with Gasteiger partial charge >= 0.3 is 0 Å². The third-order valence-electron chi connectivity index (χ3n) is 5.70. The lowest BCUT2D eigenvalue weighted by molar-refractivity contribution is -0.133. The van der Waals surface area contributed by atoms with Crippen molar-refractivity contribution in [1.82, 2.24) is 10.2 Å². The lowest BCUT2D eigenvalue weighted by Crippen LogP contribution is -2.49. The van der Waals surface area contributed by atoms with E-state index in [1.54, 1.807) is 0 Å². The maximum atomic E-state index is 12.6. The molecule has 1 saturated carbocycles. The fourth-order valence-corrected chi connectivity index (χ4v) is 3.76. The largest absolute Gasteiger partial charge is 0.355 e. The van der Waals surface area contributed by atoms with Gasteiger partial charge in [-0.3, -0.25) is 4.79 Å². The van der Waals surface area contributed by atoms with Crippen LogP contribution in [0.2, 0.25) is 0 Å². The molecule has 1 amide bonds. The van der Waals surface area contributed by atoms with Gasteiger partial charge in [0, 0.05) is 25.7 Å². The normalized spacial score (nSPS) is 34.3. The van der Waals surface area contributed by atoms with E-state index in [4.69, 9.17) is 5.73 Å². The molecule has 1 saturated heterocycles. The van der Waals surface area contributed by atoms with E-state index in [0.29, 0.717) is 18.5 Å². The molecule has 2 fully saturated rings. The van der Waals surface area contributed by atoms with E-state index < -0.39 is 0 Å². The first-order valence-electron chi connectivity index (χ1n) is 8.69.